The smallest absolute Gasteiger partial charge is 0.338 e. The van der Waals surface area contributed by atoms with Gasteiger partial charge in [0.2, 0.25) is 0 Å². The van der Waals surface area contributed by atoms with Gasteiger partial charge in [0, 0.05) is 23.7 Å². The molecule has 3 heterocycles. The topological polar surface area (TPSA) is 83.6 Å². The van der Waals surface area contributed by atoms with E-state index in [0.29, 0.717) is 6.54 Å². The first-order chi connectivity index (χ1) is 10.6. The largest absolute Gasteiger partial charge is 0.478 e. The van der Waals surface area contributed by atoms with Crippen LogP contribution in [0.5, 0.6) is 0 Å². The number of carbonyl (C=O) groups is 2. The molecule has 2 aromatic rings. The first-order valence-electron chi connectivity index (χ1n) is 7.11. The number of furan rings is 1. The molecule has 6 nitrogen and oxygen atoms in total. The zero-order valence-corrected chi connectivity index (χ0v) is 12.9. The Bertz CT molecular complexity index is 706. The van der Waals surface area contributed by atoms with Crippen LogP contribution in [0, 0.1) is 6.92 Å². The van der Waals surface area contributed by atoms with Gasteiger partial charge in [-0.05, 0) is 26.2 Å². The monoisotopic (exact) mass is 320 g/mol. The van der Waals surface area contributed by atoms with E-state index >= 15 is 0 Å². The van der Waals surface area contributed by atoms with Gasteiger partial charge in [0.05, 0.1) is 11.6 Å². The molecule has 1 atom stereocenters. The standard InChI is InChI=1S/C15H16N2O4S/c1-9-8-22-13(16-9)11-4-2-3-5-17(11)14(18)12-6-10(7-21-12)15(19)20/h6-8,11H,2-5H2,1H3,(H,19,20). The second kappa shape index (κ2) is 5.92. The second-order valence-corrected chi connectivity index (χ2v) is 6.23. The molecule has 1 saturated heterocycles. The van der Waals surface area contributed by atoms with Crippen molar-refractivity contribution in [2.75, 3.05) is 6.54 Å². The van der Waals surface area contributed by atoms with E-state index in [1.165, 1.54) is 6.07 Å². The summed E-state index contributed by atoms with van der Waals surface area (Å²) in [7, 11) is 0. The first kappa shape index (κ1) is 14.8. The number of likely N-dealkylation sites (tertiary alicyclic amines) is 1. The van der Waals surface area contributed by atoms with E-state index in [1.807, 2.05) is 12.3 Å². The number of aryl methyl sites for hydroxylation is 1. The van der Waals surface area contributed by atoms with Crippen LogP contribution in [-0.2, 0) is 0 Å². The lowest BCUT2D eigenvalue weighted by Crippen LogP contribution is -2.38. The molecular formula is C15H16N2O4S. The fourth-order valence-corrected chi connectivity index (χ4v) is 3.60. The van der Waals surface area contributed by atoms with Gasteiger partial charge in [0.25, 0.3) is 5.91 Å². The maximum absolute atomic E-state index is 12.6. The lowest BCUT2D eigenvalue weighted by atomic mass is 10.0. The molecule has 22 heavy (non-hydrogen) atoms. The molecule has 0 radical (unpaired) electrons. The van der Waals surface area contributed by atoms with Gasteiger partial charge in [-0.1, -0.05) is 0 Å². The Labute approximate surface area is 131 Å². The summed E-state index contributed by atoms with van der Waals surface area (Å²) in [4.78, 5) is 29.8. The third-order valence-electron chi connectivity index (χ3n) is 3.74. The van der Waals surface area contributed by atoms with Crippen LogP contribution in [0.2, 0.25) is 0 Å². The van der Waals surface area contributed by atoms with E-state index in [0.717, 1.165) is 36.2 Å². The van der Waals surface area contributed by atoms with Crippen molar-refractivity contribution in [3.63, 3.8) is 0 Å². The summed E-state index contributed by atoms with van der Waals surface area (Å²) in [6.07, 6.45) is 3.94. The second-order valence-electron chi connectivity index (χ2n) is 5.34. The van der Waals surface area contributed by atoms with Crippen LogP contribution < -0.4 is 0 Å². The molecule has 1 aliphatic heterocycles. The molecule has 1 N–H and O–H groups in total. The predicted octanol–water partition coefficient (Wildman–Crippen LogP) is 3.11. The number of hydrogen-bond acceptors (Lipinski definition) is 5. The molecule has 7 heteroatoms. The van der Waals surface area contributed by atoms with Crippen LogP contribution in [-0.4, -0.2) is 33.4 Å². The molecule has 2 aromatic heterocycles. The quantitative estimate of drug-likeness (QED) is 0.939. The highest BCUT2D eigenvalue weighted by atomic mass is 32.1. The molecular weight excluding hydrogens is 304 g/mol. The number of carboxylic acid groups (broad SMARTS) is 1. The van der Waals surface area contributed by atoms with Crippen molar-refractivity contribution in [2.24, 2.45) is 0 Å². The van der Waals surface area contributed by atoms with Crippen molar-refractivity contribution in [1.82, 2.24) is 9.88 Å². The highest BCUT2D eigenvalue weighted by Crippen LogP contribution is 2.33. The van der Waals surface area contributed by atoms with Crippen LogP contribution in [0.1, 0.15) is 56.9 Å². The Morgan fingerprint density at radius 3 is 2.91 bits per heavy atom. The van der Waals surface area contributed by atoms with Crippen LogP contribution in [0.3, 0.4) is 0 Å². The number of hydrogen-bond donors (Lipinski definition) is 1. The van der Waals surface area contributed by atoms with Crippen LogP contribution in [0.15, 0.2) is 22.1 Å². The maximum Gasteiger partial charge on any atom is 0.338 e. The summed E-state index contributed by atoms with van der Waals surface area (Å²) >= 11 is 1.55. The third kappa shape index (κ3) is 2.76. The van der Waals surface area contributed by atoms with Gasteiger partial charge in [-0.25, -0.2) is 9.78 Å². The number of rotatable bonds is 3. The fourth-order valence-electron chi connectivity index (χ4n) is 2.66. The minimum absolute atomic E-state index is 0.0120. The Balaban J connectivity index is 1.86. The zero-order chi connectivity index (χ0) is 15.7. The van der Waals surface area contributed by atoms with E-state index in [4.69, 9.17) is 9.52 Å². The van der Waals surface area contributed by atoms with Crippen molar-refractivity contribution in [2.45, 2.75) is 32.2 Å². The minimum atomic E-state index is -1.10. The Morgan fingerprint density at radius 2 is 2.27 bits per heavy atom. The van der Waals surface area contributed by atoms with E-state index < -0.39 is 5.97 Å². The number of piperidine rings is 1. The summed E-state index contributed by atoms with van der Waals surface area (Å²) < 4.78 is 5.14. The number of nitrogens with zero attached hydrogens (tertiary/aromatic N) is 2. The van der Waals surface area contributed by atoms with Gasteiger partial charge in [0.1, 0.15) is 11.3 Å². The molecule has 0 aromatic carbocycles. The molecule has 0 saturated carbocycles. The molecule has 1 aliphatic rings. The lowest BCUT2D eigenvalue weighted by molar-refractivity contribution is 0.0578. The van der Waals surface area contributed by atoms with Crippen molar-refractivity contribution in [3.05, 3.63) is 39.7 Å². The molecule has 1 amide bonds. The SMILES string of the molecule is Cc1csc(C2CCCCN2C(=O)c2cc(C(=O)O)co2)n1. The van der Waals surface area contributed by atoms with Crippen LogP contribution in [0.25, 0.3) is 0 Å². The van der Waals surface area contributed by atoms with Crippen molar-refractivity contribution < 1.29 is 19.1 Å². The van der Waals surface area contributed by atoms with Gasteiger partial charge in [0.15, 0.2) is 5.76 Å². The van der Waals surface area contributed by atoms with E-state index in [9.17, 15) is 9.59 Å². The third-order valence-corrected chi connectivity index (χ3v) is 4.81. The average Bonchev–Trinajstić information content (AvgIpc) is 3.15. The van der Waals surface area contributed by atoms with Crippen molar-refractivity contribution >= 4 is 23.2 Å². The molecule has 0 bridgehead atoms. The van der Waals surface area contributed by atoms with Gasteiger partial charge in [-0.2, -0.15) is 0 Å². The Hall–Kier alpha value is -2.15. The Morgan fingerprint density at radius 1 is 1.45 bits per heavy atom. The number of amides is 1. The van der Waals surface area contributed by atoms with E-state index in [-0.39, 0.29) is 23.3 Å². The molecule has 0 aliphatic carbocycles. The average molecular weight is 320 g/mol. The number of thiazole rings is 1. The van der Waals surface area contributed by atoms with Crippen LogP contribution >= 0.6 is 11.3 Å². The fraction of sp³-hybridized carbons (Fsp3) is 0.400. The zero-order valence-electron chi connectivity index (χ0n) is 12.1. The van der Waals surface area contributed by atoms with E-state index in [1.54, 1.807) is 16.2 Å². The maximum atomic E-state index is 12.6. The first-order valence-corrected chi connectivity index (χ1v) is 7.99. The number of aromatic carboxylic acids is 1. The predicted molar refractivity (Wildman–Crippen MR) is 80.1 cm³/mol. The highest BCUT2D eigenvalue weighted by molar-refractivity contribution is 7.09. The lowest BCUT2D eigenvalue weighted by Gasteiger charge is -2.33. The van der Waals surface area contributed by atoms with Gasteiger partial charge >= 0.3 is 5.97 Å². The van der Waals surface area contributed by atoms with Crippen molar-refractivity contribution in [3.8, 4) is 0 Å². The number of carbonyl (C=O) groups excluding carboxylic acids is 1. The molecule has 0 spiro atoms. The highest BCUT2D eigenvalue weighted by Gasteiger charge is 2.32. The van der Waals surface area contributed by atoms with Crippen molar-refractivity contribution in [1.29, 1.82) is 0 Å². The van der Waals surface area contributed by atoms with Gasteiger partial charge in [-0.3, -0.25) is 4.79 Å². The summed E-state index contributed by atoms with van der Waals surface area (Å²) in [5.41, 5.74) is 0.936. The molecule has 116 valence electrons. The Kier molecular flexibility index (Phi) is 3.98. The summed E-state index contributed by atoms with van der Waals surface area (Å²) in [6, 6.07) is 1.22. The number of aromatic nitrogens is 1. The number of carboxylic acids is 1. The van der Waals surface area contributed by atoms with Crippen LogP contribution in [0.4, 0.5) is 0 Å². The molecule has 1 fully saturated rings. The normalized spacial score (nSPS) is 18.4. The summed E-state index contributed by atoms with van der Waals surface area (Å²) in [5, 5.41) is 11.8. The minimum Gasteiger partial charge on any atom is -0.478 e. The van der Waals surface area contributed by atoms with Gasteiger partial charge < -0.3 is 14.4 Å². The van der Waals surface area contributed by atoms with Gasteiger partial charge in [-0.15, -0.1) is 11.3 Å². The summed E-state index contributed by atoms with van der Waals surface area (Å²) in [6.45, 7) is 2.56. The summed E-state index contributed by atoms with van der Waals surface area (Å²) in [5.74, 6) is -1.31. The molecule has 3 rings (SSSR count). The van der Waals surface area contributed by atoms with E-state index in [2.05, 4.69) is 4.98 Å². The molecule has 1 unspecified atom stereocenters.